The normalized spacial score (nSPS) is 27.6. The van der Waals surface area contributed by atoms with Crippen LogP contribution in [0.3, 0.4) is 0 Å². The van der Waals surface area contributed by atoms with Gasteiger partial charge in [-0.2, -0.15) is 0 Å². The van der Waals surface area contributed by atoms with Crippen molar-refractivity contribution in [3.05, 3.63) is 0 Å². The summed E-state index contributed by atoms with van der Waals surface area (Å²) in [5.41, 5.74) is 0. The van der Waals surface area contributed by atoms with E-state index in [-0.39, 0.29) is 0 Å². The zero-order valence-corrected chi connectivity index (χ0v) is 11.3. The molecule has 0 aromatic heterocycles. The van der Waals surface area contributed by atoms with E-state index < -0.39 is 0 Å². The van der Waals surface area contributed by atoms with Crippen molar-refractivity contribution in [3.8, 4) is 0 Å². The number of hydrogen-bond donors (Lipinski definition) is 0. The first kappa shape index (κ1) is 13.5. The standard InChI is InChI=1S/C12H23BrO2/c1-2-8-14-9-10-15-12-7-5-3-4-6-11(12)13/h11-12H,2-10H2,1H3. The van der Waals surface area contributed by atoms with E-state index in [2.05, 4.69) is 22.9 Å². The van der Waals surface area contributed by atoms with Crippen LogP contribution in [0.4, 0.5) is 0 Å². The van der Waals surface area contributed by atoms with Gasteiger partial charge in [0.25, 0.3) is 0 Å². The third-order valence-corrected chi connectivity index (χ3v) is 3.83. The third-order valence-electron chi connectivity index (χ3n) is 2.78. The molecule has 2 nitrogen and oxygen atoms in total. The minimum Gasteiger partial charge on any atom is -0.379 e. The van der Waals surface area contributed by atoms with Gasteiger partial charge in [-0.25, -0.2) is 0 Å². The Hall–Kier alpha value is 0.400. The molecule has 0 aromatic rings. The van der Waals surface area contributed by atoms with E-state index in [1.807, 2.05) is 0 Å². The molecular formula is C12H23BrO2. The molecule has 1 rings (SSSR count). The average molecular weight is 279 g/mol. The van der Waals surface area contributed by atoms with Gasteiger partial charge >= 0.3 is 0 Å². The second-order valence-corrected chi connectivity index (χ2v) is 5.35. The average Bonchev–Trinajstić information content (AvgIpc) is 2.44. The summed E-state index contributed by atoms with van der Waals surface area (Å²) in [5.74, 6) is 0. The highest BCUT2D eigenvalue weighted by Gasteiger charge is 2.21. The van der Waals surface area contributed by atoms with Gasteiger partial charge in [0.1, 0.15) is 0 Å². The van der Waals surface area contributed by atoms with Gasteiger partial charge in [0.05, 0.1) is 19.3 Å². The van der Waals surface area contributed by atoms with Crippen LogP contribution in [0.15, 0.2) is 0 Å². The second-order valence-electron chi connectivity index (χ2n) is 4.18. The highest BCUT2D eigenvalue weighted by Crippen LogP contribution is 2.25. The molecule has 0 N–H and O–H groups in total. The third kappa shape index (κ3) is 5.88. The van der Waals surface area contributed by atoms with Crippen molar-refractivity contribution >= 4 is 15.9 Å². The molecule has 15 heavy (non-hydrogen) atoms. The van der Waals surface area contributed by atoms with E-state index in [0.29, 0.717) is 10.9 Å². The van der Waals surface area contributed by atoms with Crippen molar-refractivity contribution in [1.82, 2.24) is 0 Å². The van der Waals surface area contributed by atoms with Crippen molar-refractivity contribution in [2.24, 2.45) is 0 Å². The maximum Gasteiger partial charge on any atom is 0.0704 e. The Balaban J connectivity index is 2.07. The lowest BCUT2D eigenvalue weighted by Crippen LogP contribution is -2.24. The minimum atomic E-state index is 0.401. The molecule has 1 fully saturated rings. The van der Waals surface area contributed by atoms with Crippen LogP contribution >= 0.6 is 15.9 Å². The van der Waals surface area contributed by atoms with Gasteiger partial charge in [0, 0.05) is 11.4 Å². The molecule has 0 aliphatic heterocycles. The quantitative estimate of drug-likeness (QED) is 0.421. The molecule has 0 bridgehead atoms. The van der Waals surface area contributed by atoms with Crippen molar-refractivity contribution in [2.75, 3.05) is 19.8 Å². The molecule has 0 spiro atoms. The molecule has 0 heterocycles. The molecule has 1 aliphatic rings. The predicted molar refractivity (Wildman–Crippen MR) is 66.7 cm³/mol. The van der Waals surface area contributed by atoms with Crippen LogP contribution in [0.1, 0.15) is 45.4 Å². The number of halogens is 1. The minimum absolute atomic E-state index is 0.401. The van der Waals surface area contributed by atoms with Crippen molar-refractivity contribution in [2.45, 2.75) is 56.4 Å². The number of ether oxygens (including phenoxy) is 2. The molecular weight excluding hydrogens is 256 g/mol. The molecule has 2 atom stereocenters. The monoisotopic (exact) mass is 278 g/mol. The van der Waals surface area contributed by atoms with Gasteiger partial charge in [-0.15, -0.1) is 0 Å². The van der Waals surface area contributed by atoms with Crippen molar-refractivity contribution in [1.29, 1.82) is 0 Å². The van der Waals surface area contributed by atoms with Gasteiger partial charge < -0.3 is 9.47 Å². The maximum absolute atomic E-state index is 5.85. The second kappa shape index (κ2) is 8.54. The van der Waals surface area contributed by atoms with E-state index in [9.17, 15) is 0 Å². The van der Waals surface area contributed by atoms with Crippen molar-refractivity contribution in [3.63, 3.8) is 0 Å². The summed E-state index contributed by atoms with van der Waals surface area (Å²) in [7, 11) is 0. The summed E-state index contributed by atoms with van der Waals surface area (Å²) in [6.45, 7) is 4.46. The first-order valence-corrected chi connectivity index (χ1v) is 7.09. The number of rotatable bonds is 6. The number of alkyl halides is 1. The smallest absolute Gasteiger partial charge is 0.0704 e. The van der Waals surface area contributed by atoms with Crippen LogP contribution in [-0.2, 0) is 9.47 Å². The Kier molecular flexibility index (Phi) is 7.67. The van der Waals surface area contributed by atoms with Crippen LogP contribution in [-0.4, -0.2) is 30.8 Å². The molecule has 90 valence electrons. The Morgan fingerprint density at radius 1 is 1.07 bits per heavy atom. The van der Waals surface area contributed by atoms with Crippen LogP contribution in [0.5, 0.6) is 0 Å². The molecule has 0 aromatic carbocycles. The molecule has 0 amide bonds. The Bertz CT molecular complexity index is 153. The summed E-state index contributed by atoms with van der Waals surface area (Å²) in [4.78, 5) is 0.547. The van der Waals surface area contributed by atoms with Gasteiger partial charge in [-0.05, 0) is 19.3 Å². The lowest BCUT2D eigenvalue weighted by molar-refractivity contribution is 0.00236. The topological polar surface area (TPSA) is 18.5 Å². The zero-order valence-electron chi connectivity index (χ0n) is 9.71. The lowest BCUT2D eigenvalue weighted by Gasteiger charge is -2.20. The van der Waals surface area contributed by atoms with Crippen molar-refractivity contribution < 1.29 is 9.47 Å². The fraction of sp³-hybridized carbons (Fsp3) is 1.00. The van der Waals surface area contributed by atoms with Crippen LogP contribution in [0.2, 0.25) is 0 Å². The number of hydrogen-bond acceptors (Lipinski definition) is 2. The maximum atomic E-state index is 5.85. The highest BCUT2D eigenvalue weighted by atomic mass is 79.9. The molecule has 1 saturated carbocycles. The van der Waals surface area contributed by atoms with E-state index in [4.69, 9.17) is 9.47 Å². The Labute approximate surface area is 102 Å². The Morgan fingerprint density at radius 2 is 1.87 bits per heavy atom. The van der Waals surface area contributed by atoms with E-state index >= 15 is 0 Å². The lowest BCUT2D eigenvalue weighted by atomic mass is 10.1. The summed E-state index contributed by atoms with van der Waals surface area (Å²) in [6, 6.07) is 0. The van der Waals surface area contributed by atoms with Gasteiger partial charge in [-0.3, -0.25) is 0 Å². The summed E-state index contributed by atoms with van der Waals surface area (Å²) in [5, 5.41) is 0. The fourth-order valence-corrected chi connectivity index (χ4v) is 2.66. The van der Waals surface area contributed by atoms with Crippen LogP contribution in [0.25, 0.3) is 0 Å². The largest absolute Gasteiger partial charge is 0.379 e. The Morgan fingerprint density at radius 3 is 2.67 bits per heavy atom. The highest BCUT2D eigenvalue weighted by molar-refractivity contribution is 9.09. The molecule has 1 aliphatic carbocycles. The molecule has 0 saturated heterocycles. The van der Waals surface area contributed by atoms with E-state index in [1.54, 1.807) is 0 Å². The molecule has 2 unspecified atom stereocenters. The summed E-state index contributed by atoms with van der Waals surface area (Å²) in [6.07, 6.45) is 7.94. The SMILES string of the molecule is CCCOCCOC1CCCCCC1Br. The summed E-state index contributed by atoms with van der Waals surface area (Å²) < 4.78 is 11.2. The summed E-state index contributed by atoms with van der Waals surface area (Å²) >= 11 is 3.72. The fourth-order valence-electron chi connectivity index (χ4n) is 1.92. The van der Waals surface area contributed by atoms with Gasteiger partial charge in [-0.1, -0.05) is 42.1 Å². The first-order valence-electron chi connectivity index (χ1n) is 6.18. The van der Waals surface area contributed by atoms with Crippen LogP contribution < -0.4 is 0 Å². The molecule has 3 heteroatoms. The predicted octanol–water partition coefficient (Wildman–Crippen LogP) is 3.53. The van der Waals surface area contributed by atoms with Gasteiger partial charge in [0.15, 0.2) is 0 Å². The zero-order chi connectivity index (χ0) is 10.9. The first-order chi connectivity index (χ1) is 7.34. The van der Waals surface area contributed by atoms with E-state index in [1.165, 1.54) is 32.1 Å². The van der Waals surface area contributed by atoms with Gasteiger partial charge in [0.2, 0.25) is 0 Å². The van der Waals surface area contributed by atoms with Crippen LogP contribution in [0, 0.1) is 0 Å². The van der Waals surface area contributed by atoms with E-state index in [0.717, 1.165) is 26.2 Å². The molecule has 0 radical (unpaired) electrons.